The van der Waals surface area contributed by atoms with Gasteiger partial charge in [0.05, 0.1) is 17.2 Å². The zero-order valence-corrected chi connectivity index (χ0v) is 18.9. The SMILES string of the molecule is CC(C)(CS(=O)(=O)O)NC(=O)CCSCCCC(CC(F)(C(F)(F)F)C(F)(F)F)C(F)(F)F. The number of amides is 1. The number of alkyl halides is 10. The van der Waals surface area contributed by atoms with Gasteiger partial charge in [-0.1, -0.05) is 0 Å². The van der Waals surface area contributed by atoms with E-state index in [1.165, 1.54) is 13.8 Å². The monoisotopic (exact) mass is 547 g/mol. The molecular formula is C16H23F10NO4S2. The number of hydrogen-bond donors (Lipinski definition) is 2. The summed E-state index contributed by atoms with van der Waals surface area (Å²) in [7, 11) is -4.39. The molecule has 0 saturated heterocycles. The lowest BCUT2D eigenvalue weighted by molar-refractivity contribution is -0.352. The zero-order valence-electron chi connectivity index (χ0n) is 17.3. The van der Waals surface area contributed by atoms with Crippen molar-refractivity contribution in [1.82, 2.24) is 5.32 Å². The third-order valence-corrected chi connectivity index (χ3v) is 6.38. The first-order valence-corrected chi connectivity index (χ1v) is 11.9. The Morgan fingerprint density at radius 2 is 1.42 bits per heavy atom. The van der Waals surface area contributed by atoms with Crippen molar-refractivity contribution in [3.8, 4) is 0 Å². The van der Waals surface area contributed by atoms with Crippen molar-refractivity contribution in [3.63, 3.8) is 0 Å². The molecule has 5 nitrogen and oxygen atoms in total. The first kappa shape index (κ1) is 32.0. The Kier molecular flexibility index (Phi) is 10.9. The summed E-state index contributed by atoms with van der Waals surface area (Å²) < 4.78 is 158. The van der Waals surface area contributed by atoms with Gasteiger partial charge in [-0.25, -0.2) is 4.39 Å². The number of carbonyl (C=O) groups is 1. The molecule has 0 rings (SSSR count). The molecule has 0 aromatic rings. The second-order valence-corrected chi connectivity index (χ2v) is 10.6. The lowest BCUT2D eigenvalue weighted by Gasteiger charge is -2.33. The average Bonchev–Trinajstić information content (AvgIpc) is 2.50. The molecule has 0 radical (unpaired) electrons. The average molecular weight is 547 g/mol. The van der Waals surface area contributed by atoms with Crippen molar-refractivity contribution in [2.45, 2.75) is 69.3 Å². The van der Waals surface area contributed by atoms with Crippen LogP contribution in [0.25, 0.3) is 0 Å². The van der Waals surface area contributed by atoms with Gasteiger partial charge in [0, 0.05) is 18.6 Å². The van der Waals surface area contributed by atoms with E-state index >= 15 is 0 Å². The molecular weight excluding hydrogens is 524 g/mol. The molecule has 0 aromatic heterocycles. The predicted molar refractivity (Wildman–Crippen MR) is 99.9 cm³/mol. The van der Waals surface area contributed by atoms with Gasteiger partial charge < -0.3 is 5.32 Å². The molecule has 0 aliphatic heterocycles. The molecule has 0 heterocycles. The molecule has 0 fully saturated rings. The molecule has 17 heteroatoms. The van der Waals surface area contributed by atoms with Crippen LogP contribution in [0.4, 0.5) is 43.9 Å². The number of halogens is 10. The molecule has 1 amide bonds. The minimum absolute atomic E-state index is 0.0113. The molecule has 0 aromatic carbocycles. The molecule has 0 saturated carbocycles. The highest BCUT2D eigenvalue weighted by molar-refractivity contribution is 7.99. The summed E-state index contributed by atoms with van der Waals surface area (Å²) in [5.74, 6) is -4.84. The Balaban J connectivity index is 4.76. The van der Waals surface area contributed by atoms with E-state index in [-0.39, 0.29) is 17.9 Å². The van der Waals surface area contributed by atoms with Crippen molar-refractivity contribution >= 4 is 27.8 Å². The maximum atomic E-state index is 13.7. The van der Waals surface area contributed by atoms with Gasteiger partial charge in [0.2, 0.25) is 5.91 Å². The second-order valence-electron chi connectivity index (χ2n) is 7.90. The summed E-state index contributed by atoms with van der Waals surface area (Å²) in [5.41, 5.74) is -7.34. The summed E-state index contributed by atoms with van der Waals surface area (Å²) >= 11 is 0.868. The van der Waals surface area contributed by atoms with Crippen LogP contribution in [-0.4, -0.2) is 65.9 Å². The van der Waals surface area contributed by atoms with Crippen LogP contribution in [0.15, 0.2) is 0 Å². The quantitative estimate of drug-likeness (QED) is 0.203. The van der Waals surface area contributed by atoms with E-state index in [0.29, 0.717) is 0 Å². The van der Waals surface area contributed by atoms with Crippen LogP contribution in [0.3, 0.4) is 0 Å². The second kappa shape index (κ2) is 11.2. The number of nitrogens with one attached hydrogen (secondary N) is 1. The Hall–Kier alpha value is -0.970. The van der Waals surface area contributed by atoms with Gasteiger partial charge in [-0.15, -0.1) is 0 Å². The van der Waals surface area contributed by atoms with Crippen molar-refractivity contribution < 1.29 is 61.7 Å². The number of thioether (sulfide) groups is 1. The first-order valence-electron chi connectivity index (χ1n) is 9.14. The lowest BCUT2D eigenvalue weighted by atomic mass is 9.87. The molecule has 198 valence electrons. The first-order chi connectivity index (χ1) is 14.4. The minimum atomic E-state index is -6.58. The van der Waals surface area contributed by atoms with Gasteiger partial charge in [0.1, 0.15) is 0 Å². The Bertz CT molecular complexity index is 734. The summed E-state index contributed by atoms with van der Waals surface area (Å²) in [6.07, 6.45) is -23.5. The van der Waals surface area contributed by atoms with Crippen LogP contribution in [0.5, 0.6) is 0 Å². The zero-order chi connectivity index (χ0) is 26.5. The highest BCUT2D eigenvalue weighted by Gasteiger charge is 2.73. The van der Waals surface area contributed by atoms with E-state index in [4.69, 9.17) is 4.55 Å². The molecule has 1 unspecified atom stereocenters. The largest absolute Gasteiger partial charge is 0.431 e. The van der Waals surface area contributed by atoms with Crippen LogP contribution in [0.1, 0.15) is 39.5 Å². The van der Waals surface area contributed by atoms with E-state index < -0.39 is 76.7 Å². The van der Waals surface area contributed by atoms with Crippen molar-refractivity contribution in [2.24, 2.45) is 5.92 Å². The topological polar surface area (TPSA) is 83.5 Å². The van der Waals surface area contributed by atoms with E-state index in [1.807, 2.05) is 0 Å². The minimum Gasteiger partial charge on any atom is -0.350 e. The highest BCUT2D eigenvalue weighted by atomic mass is 32.2. The number of rotatable bonds is 12. The van der Waals surface area contributed by atoms with E-state index in [9.17, 15) is 57.1 Å². The Morgan fingerprint density at radius 3 is 1.82 bits per heavy atom. The van der Waals surface area contributed by atoms with Crippen molar-refractivity contribution in [2.75, 3.05) is 17.3 Å². The van der Waals surface area contributed by atoms with Crippen LogP contribution in [0, 0.1) is 5.92 Å². The number of carbonyl (C=O) groups excluding carboxylic acids is 1. The smallest absolute Gasteiger partial charge is 0.350 e. The van der Waals surface area contributed by atoms with Crippen LogP contribution in [-0.2, 0) is 14.9 Å². The third-order valence-electron chi connectivity index (χ3n) is 4.23. The fourth-order valence-corrected chi connectivity index (χ4v) is 4.63. The Labute approximate surface area is 187 Å². The standard InChI is InChI=1S/C16H23F10NO4S2/c1-12(2,9-33(29,30)31)27-11(28)5-7-32-6-3-4-10(14(18,19)20)8-13(17,15(21,22)23)16(24,25)26/h10H,3-9H2,1-2H3,(H,27,28)(H,29,30,31). The molecule has 2 N–H and O–H groups in total. The summed E-state index contributed by atoms with van der Waals surface area (Å²) in [6, 6.07) is 0. The maximum absolute atomic E-state index is 13.7. The maximum Gasteiger partial charge on any atom is 0.431 e. The van der Waals surface area contributed by atoms with Crippen LogP contribution in [0.2, 0.25) is 0 Å². The summed E-state index contributed by atoms with van der Waals surface area (Å²) in [4.78, 5) is 11.8. The summed E-state index contributed by atoms with van der Waals surface area (Å²) in [6.45, 7) is 2.60. The molecule has 0 bridgehead atoms. The molecule has 0 aliphatic carbocycles. The van der Waals surface area contributed by atoms with Gasteiger partial charge >= 0.3 is 18.5 Å². The molecule has 1 atom stereocenters. The van der Waals surface area contributed by atoms with Crippen LogP contribution >= 0.6 is 11.8 Å². The molecule has 0 spiro atoms. The Morgan fingerprint density at radius 1 is 0.939 bits per heavy atom. The highest BCUT2D eigenvalue weighted by Crippen LogP contribution is 2.52. The van der Waals surface area contributed by atoms with E-state index in [2.05, 4.69) is 5.32 Å². The van der Waals surface area contributed by atoms with Gasteiger partial charge in [-0.05, 0) is 32.4 Å². The van der Waals surface area contributed by atoms with Gasteiger partial charge in [-0.2, -0.15) is 59.7 Å². The predicted octanol–water partition coefficient (Wildman–Crippen LogP) is 5.07. The fourth-order valence-electron chi connectivity index (χ4n) is 2.74. The molecule has 33 heavy (non-hydrogen) atoms. The van der Waals surface area contributed by atoms with Gasteiger partial charge in [-0.3, -0.25) is 9.35 Å². The van der Waals surface area contributed by atoms with Crippen molar-refractivity contribution in [3.05, 3.63) is 0 Å². The normalized spacial score (nSPS) is 15.4. The third kappa shape index (κ3) is 11.3. The van der Waals surface area contributed by atoms with Crippen LogP contribution < -0.4 is 5.32 Å². The fraction of sp³-hybridized carbons (Fsp3) is 0.938. The lowest BCUT2D eigenvalue weighted by Crippen LogP contribution is -2.55. The van der Waals surface area contributed by atoms with Gasteiger partial charge in [0.15, 0.2) is 0 Å². The number of hydrogen-bond acceptors (Lipinski definition) is 4. The van der Waals surface area contributed by atoms with Crippen molar-refractivity contribution in [1.29, 1.82) is 0 Å². The summed E-state index contributed by atoms with van der Waals surface area (Å²) in [5, 5.41) is 2.30. The van der Waals surface area contributed by atoms with E-state index in [0.717, 1.165) is 11.8 Å². The van der Waals surface area contributed by atoms with E-state index in [1.54, 1.807) is 0 Å². The molecule has 0 aliphatic rings. The van der Waals surface area contributed by atoms with Gasteiger partial charge in [0.25, 0.3) is 15.8 Å².